The highest BCUT2D eigenvalue weighted by molar-refractivity contribution is 6.09. The Morgan fingerprint density at radius 3 is 1.51 bits per heavy atom. The van der Waals surface area contributed by atoms with Crippen molar-refractivity contribution in [2.75, 3.05) is 0 Å². The standard InChI is InChI=1S/C44H29N5/c1-4-16-30(17-5-1)33-22-10-11-23-34(33)38-29-28-36-35-24-12-14-26-39(35)49(44(36)45-38)40-27-15-13-25-37(40)43-47-41(31-18-6-2-7-19-31)46-42(48-43)32-20-8-3-9-21-32/h1-29H. The molecule has 6 aromatic carbocycles. The van der Waals surface area contributed by atoms with Gasteiger partial charge >= 0.3 is 0 Å². The predicted molar refractivity (Wildman–Crippen MR) is 199 cm³/mol. The van der Waals surface area contributed by atoms with Crippen LogP contribution in [-0.4, -0.2) is 24.5 Å². The summed E-state index contributed by atoms with van der Waals surface area (Å²) in [6, 6.07) is 60.3. The molecule has 0 N–H and O–H groups in total. The Kier molecular flexibility index (Phi) is 7.06. The summed E-state index contributed by atoms with van der Waals surface area (Å²) in [4.78, 5) is 20.5. The summed E-state index contributed by atoms with van der Waals surface area (Å²) in [5.41, 5.74) is 9.92. The lowest BCUT2D eigenvalue weighted by Gasteiger charge is -2.15. The molecule has 9 rings (SSSR count). The first-order valence-corrected chi connectivity index (χ1v) is 16.3. The van der Waals surface area contributed by atoms with Crippen molar-refractivity contribution >= 4 is 21.9 Å². The van der Waals surface area contributed by atoms with Crippen LogP contribution < -0.4 is 0 Å². The Hall–Kier alpha value is -6.72. The van der Waals surface area contributed by atoms with E-state index in [1.807, 2.05) is 72.8 Å². The molecular weight excluding hydrogens is 599 g/mol. The van der Waals surface area contributed by atoms with Gasteiger partial charge in [-0.2, -0.15) is 0 Å². The molecule has 49 heavy (non-hydrogen) atoms. The quantitative estimate of drug-likeness (QED) is 0.184. The summed E-state index contributed by atoms with van der Waals surface area (Å²) in [7, 11) is 0. The largest absolute Gasteiger partial charge is 0.293 e. The molecule has 0 spiro atoms. The first-order valence-electron chi connectivity index (χ1n) is 16.3. The van der Waals surface area contributed by atoms with Crippen molar-refractivity contribution in [3.63, 3.8) is 0 Å². The third-order valence-electron chi connectivity index (χ3n) is 8.90. The van der Waals surface area contributed by atoms with E-state index in [1.165, 1.54) is 0 Å². The average Bonchev–Trinajstić information content (AvgIpc) is 3.52. The highest BCUT2D eigenvalue weighted by atomic mass is 15.1. The maximum absolute atomic E-state index is 5.42. The van der Waals surface area contributed by atoms with Gasteiger partial charge in [0.2, 0.25) is 0 Å². The second kappa shape index (κ2) is 12.1. The zero-order valence-electron chi connectivity index (χ0n) is 26.5. The maximum Gasteiger partial charge on any atom is 0.166 e. The van der Waals surface area contributed by atoms with Crippen LogP contribution in [-0.2, 0) is 0 Å². The van der Waals surface area contributed by atoms with Crippen LogP contribution in [0.15, 0.2) is 176 Å². The first kappa shape index (κ1) is 28.5. The molecule has 0 radical (unpaired) electrons. The molecule has 0 aliphatic heterocycles. The highest BCUT2D eigenvalue weighted by Gasteiger charge is 2.20. The van der Waals surface area contributed by atoms with Gasteiger partial charge in [0.15, 0.2) is 17.5 Å². The van der Waals surface area contributed by atoms with Crippen LogP contribution in [0, 0.1) is 0 Å². The molecule has 0 fully saturated rings. The lowest BCUT2D eigenvalue weighted by atomic mass is 9.97. The van der Waals surface area contributed by atoms with Crippen LogP contribution in [0.4, 0.5) is 0 Å². The van der Waals surface area contributed by atoms with Crippen molar-refractivity contribution < 1.29 is 0 Å². The molecule has 0 bridgehead atoms. The van der Waals surface area contributed by atoms with Crippen molar-refractivity contribution in [3.05, 3.63) is 176 Å². The number of hydrogen-bond acceptors (Lipinski definition) is 4. The zero-order valence-corrected chi connectivity index (χ0v) is 26.5. The van der Waals surface area contributed by atoms with E-state index in [1.54, 1.807) is 0 Å². The third kappa shape index (κ3) is 5.14. The maximum atomic E-state index is 5.42. The Bertz CT molecular complexity index is 2540. The second-order valence-corrected chi connectivity index (χ2v) is 11.9. The lowest BCUT2D eigenvalue weighted by Crippen LogP contribution is -2.04. The van der Waals surface area contributed by atoms with Gasteiger partial charge in [0.05, 0.1) is 16.9 Å². The van der Waals surface area contributed by atoms with E-state index < -0.39 is 0 Å². The number of rotatable bonds is 6. The van der Waals surface area contributed by atoms with Crippen LogP contribution >= 0.6 is 0 Å². The van der Waals surface area contributed by atoms with E-state index >= 15 is 0 Å². The van der Waals surface area contributed by atoms with Crippen molar-refractivity contribution in [1.82, 2.24) is 24.5 Å². The molecule has 3 heterocycles. The summed E-state index contributed by atoms with van der Waals surface area (Å²) >= 11 is 0. The van der Waals surface area contributed by atoms with Gasteiger partial charge in [-0.15, -0.1) is 0 Å². The third-order valence-corrected chi connectivity index (χ3v) is 8.90. The van der Waals surface area contributed by atoms with Crippen molar-refractivity contribution in [1.29, 1.82) is 0 Å². The molecule has 230 valence electrons. The Morgan fingerprint density at radius 2 is 0.837 bits per heavy atom. The van der Waals surface area contributed by atoms with Crippen LogP contribution in [0.1, 0.15) is 0 Å². The predicted octanol–water partition coefficient (Wildman–Crippen LogP) is 10.7. The number of para-hydroxylation sites is 2. The number of pyridine rings is 1. The summed E-state index contributed by atoms with van der Waals surface area (Å²) < 4.78 is 2.25. The smallest absolute Gasteiger partial charge is 0.166 e. The molecule has 0 atom stereocenters. The first-order chi connectivity index (χ1) is 24.3. The molecule has 0 unspecified atom stereocenters. The van der Waals surface area contributed by atoms with Crippen LogP contribution in [0.3, 0.4) is 0 Å². The number of fused-ring (bicyclic) bond motifs is 3. The summed E-state index contributed by atoms with van der Waals surface area (Å²) in [5.74, 6) is 1.85. The second-order valence-electron chi connectivity index (χ2n) is 11.9. The molecule has 0 saturated carbocycles. The van der Waals surface area contributed by atoms with E-state index in [4.69, 9.17) is 19.9 Å². The van der Waals surface area contributed by atoms with Gasteiger partial charge in [0, 0.05) is 33.0 Å². The monoisotopic (exact) mass is 627 g/mol. The van der Waals surface area contributed by atoms with Crippen LogP contribution in [0.5, 0.6) is 0 Å². The number of hydrogen-bond donors (Lipinski definition) is 0. The van der Waals surface area contributed by atoms with Gasteiger partial charge in [-0.1, -0.05) is 146 Å². The van der Waals surface area contributed by atoms with E-state index in [-0.39, 0.29) is 0 Å². The molecule has 5 nitrogen and oxygen atoms in total. The molecule has 0 saturated heterocycles. The van der Waals surface area contributed by atoms with Crippen molar-refractivity contribution in [3.8, 4) is 62.2 Å². The fourth-order valence-electron chi connectivity index (χ4n) is 6.60. The molecule has 0 aliphatic carbocycles. The summed E-state index contributed by atoms with van der Waals surface area (Å²) in [5, 5.41) is 2.21. The van der Waals surface area contributed by atoms with E-state index in [2.05, 4.69) is 108 Å². The summed E-state index contributed by atoms with van der Waals surface area (Å²) in [6.45, 7) is 0. The lowest BCUT2D eigenvalue weighted by molar-refractivity contribution is 1.06. The van der Waals surface area contributed by atoms with E-state index in [0.29, 0.717) is 17.5 Å². The Balaban J connectivity index is 1.29. The van der Waals surface area contributed by atoms with Crippen molar-refractivity contribution in [2.24, 2.45) is 0 Å². The van der Waals surface area contributed by atoms with Gasteiger partial charge in [-0.3, -0.25) is 4.57 Å². The Labute approximate surface area is 283 Å². The SMILES string of the molecule is c1ccc(-c2nc(-c3ccccc3)nc(-c3ccccc3-n3c4ccccc4c4ccc(-c5ccccc5-c5ccccc5)nc43)n2)cc1. The molecule has 5 heteroatoms. The number of nitrogens with zero attached hydrogens (tertiary/aromatic N) is 5. The van der Waals surface area contributed by atoms with Gasteiger partial charge < -0.3 is 0 Å². The molecular formula is C44H29N5. The van der Waals surface area contributed by atoms with Gasteiger partial charge in [-0.05, 0) is 41.5 Å². The fraction of sp³-hybridized carbons (Fsp3) is 0. The zero-order chi connectivity index (χ0) is 32.6. The topological polar surface area (TPSA) is 56.5 Å². The normalized spacial score (nSPS) is 11.3. The van der Waals surface area contributed by atoms with Crippen molar-refractivity contribution in [2.45, 2.75) is 0 Å². The Morgan fingerprint density at radius 1 is 0.327 bits per heavy atom. The molecule has 0 amide bonds. The van der Waals surface area contributed by atoms with E-state index in [0.717, 1.165) is 66.7 Å². The van der Waals surface area contributed by atoms with E-state index in [9.17, 15) is 0 Å². The molecule has 3 aromatic heterocycles. The highest BCUT2D eigenvalue weighted by Crippen LogP contribution is 2.38. The minimum atomic E-state index is 0.597. The summed E-state index contributed by atoms with van der Waals surface area (Å²) in [6.07, 6.45) is 0. The minimum absolute atomic E-state index is 0.597. The number of benzene rings is 6. The van der Waals surface area contributed by atoms with Gasteiger partial charge in [-0.25, -0.2) is 19.9 Å². The fourth-order valence-corrected chi connectivity index (χ4v) is 6.60. The average molecular weight is 628 g/mol. The molecule has 0 aliphatic rings. The number of aromatic nitrogens is 5. The van der Waals surface area contributed by atoms with Crippen LogP contribution in [0.2, 0.25) is 0 Å². The van der Waals surface area contributed by atoms with Gasteiger partial charge in [0.25, 0.3) is 0 Å². The molecule has 9 aromatic rings. The minimum Gasteiger partial charge on any atom is -0.293 e. The van der Waals surface area contributed by atoms with Crippen LogP contribution in [0.25, 0.3) is 84.2 Å². The van der Waals surface area contributed by atoms with Gasteiger partial charge in [0.1, 0.15) is 5.65 Å².